The zero-order valence-electron chi connectivity index (χ0n) is 8.84. The van der Waals surface area contributed by atoms with E-state index in [1.165, 1.54) is 0 Å². The highest BCUT2D eigenvalue weighted by molar-refractivity contribution is 8.00. The smallest absolute Gasteiger partial charge is 0.313 e. The van der Waals surface area contributed by atoms with Gasteiger partial charge < -0.3 is 14.6 Å². The van der Waals surface area contributed by atoms with Crippen LogP contribution >= 0.6 is 11.8 Å². The molecule has 0 fully saturated rings. The first-order chi connectivity index (χ1) is 8.16. The van der Waals surface area contributed by atoms with Crippen molar-refractivity contribution in [1.29, 1.82) is 0 Å². The maximum atomic E-state index is 11.7. The molecular weight excluding hydrogens is 244 g/mol. The number of ketones is 1. The molecule has 0 aromatic heterocycles. The van der Waals surface area contributed by atoms with Crippen LogP contribution in [0.5, 0.6) is 11.5 Å². The van der Waals surface area contributed by atoms with Gasteiger partial charge in [-0.25, -0.2) is 0 Å². The quantitative estimate of drug-likeness (QED) is 0.801. The van der Waals surface area contributed by atoms with Gasteiger partial charge in [-0.1, -0.05) is 0 Å². The summed E-state index contributed by atoms with van der Waals surface area (Å²) in [5.74, 6) is 0.212. The molecule has 0 aliphatic carbocycles. The van der Waals surface area contributed by atoms with Crippen molar-refractivity contribution in [2.45, 2.75) is 0 Å². The number of carbonyl (C=O) groups excluding carboxylic acids is 1. The molecule has 1 heterocycles. The van der Waals surface area contributed by atoms with Gasteiger partial charge in [-0.05, 0) is 18.2 Å². The minimum atomic E-state index is -0.923. The van der Waals surface area contributed by atoms with Crippen LogP contribution in [-0.2, 0) is 4.79 Å². The largest absolute Gasteiger partial charge is 0.481 e. The molecule has 0 atom stereocenters. The second kappa shape index (κ2) is 5.09. The van der Waals surface area contributed by atoms with E-state index < -0.39 is 5.97 Å². The van der Waals surface area contributed by atoms with Gasteiger partial charge in [0.05, 0.1) is 11.5 Å². The summed E-state index contributed by atoms with van der Waals surface area (Å²) in [6, 6.07) is 4.95. The molecule has 90 valence electrons. The number of carboxylic acid groups (broad SMARTS) is 1. The van der Waals surface area contributed by atoms with Gasteiger partial charge in [0.25, 0.3) is 0 Å². The fraction of sp³-hybridized carbons (Fsp3) is 0.273. The van der Waals surface area contributed by atoms with Gasteiger partial charge in [0.15, 0.2) is 17.3 Å². The normalized spacial score (nSPS) is 12.5. The zero-order chi connectivity index (χ0) is 12.3. The summed E-state index contributed by atoms with van der Waals surface area (Å²) in [6.07, 6.45) is 0. The molecule has 5 nitrogen and oxygen atoms in total. The molecule has 0 radical (unpaired) electrons. The Balaban J connectivity index is 1.97. The van der Waals surface area contributed by atoms with E-state index in [0.29, 0.717) is 17.1 Å². The van der Waals surface area contributed by atoms with E-state index in [1.54, 1.807) is 18.2 Å². The minimum Gasteiger partial charge on any atom is -0.481 e. The van der Waals surface area contributed by atoms with Crippen LogP contribution in [0.15, 0.2) is 18.2 Å². The molecule has 0 bridgehead atoms. The predicted molar refractivity (Wildman–Crippen MR) is 61.9 cm³/mol. The van der Waals surface area contributed by atoms with Gasteiger partial charge in [-0.3, -0.25) is 9.59 Å². The van der Waals surface area contributed by atoms with Crippen LogP contribution in [0.25, 0.3) is 0 Å². The van der Waals surface area contributed by atoms with Gasteiger partial charge in [-0.2, -0.15) is 0 Å². The lowest BCUT2D eigenvalue weighted by Crippen LogP contribution is -2.06. The molecule has 0 amide bonds. The summed E-state index contributed by atoms with van der Waals surface area (Å²) >= 11 is 1.08. The number of ether oxygens (including phenoxy) is 2. The number of hydrogen-bond donors (Lipinski definition) is 1. The molecule has 2 rings (SSSR count). The average molecular weight is 254 g/mol. The number of Topliss-reactive ketones (excluding diaryl/α,β-unsaturated/α-hetero) is 1. The van der Waals surface area contributed by atoms with Crippen LogP contribution < -0.4 is 9.47 Å². The van der Waals surface area contributed by atoms with Crippen molar-refractivity contribution in [3.8, 4) is 11.5 Å². The van der Waals surface area contributed by atoms with Crippen molar-refractivity contribution in [3.63, 3.8) is 0 Å². The molecule has 1 aliphatic heterocycles. The van der Waals surface area contributed by atoms with Crippen molar-refractivity contribution < 1.29 is 24.2 Å². The number of aliphatic carboxylic acids is 1. The Labute approximate surface area is 102 Å². The minimum absolute atomic E-state index is 0.0731. The number of fused-ring (bicyclic) bond motifs is 1. The number of carbonyl (C=O) groups is 2. The Bertz CT molecular complexity index is 457. The molecule has 0 spiro atoms. The molecular formula is C11H10O5S. The highest BCUT2D eigenvalue weighted by Crippen LogP contribution is 2.32. The molecule has 0 saturated heterocycles. The first kappa shape index (κ1) is 11.8. The summed E-state index contributed by atoms with van der Waals surface area (Å²) in [4.78, 5) is 22.0. The van der Waals surface area contributed by atoms with Crippen LogP contribution in [0.4, 0.5) is 0 Å². The fourth-order valence-corrected chi connectivity index (χ4v) is 2.01. The lowest BCUT2D eigenvalue weighted by Gasteiger charge is -2.01. The van der Waals surface area contributed by atoms with Crippen molar-refractivity contribution in [2.75, 3.05) is 18.3 Å². The number of benzene rings is 1. The number of carboxylic acids is 1. The van der Waals surface area contributed by atoms with Crippen molar-refractivity contribution in [2.24, 2.45) is 0 Å². The Morgan fingerprint density at radius 3 is 2.76 bits per heavy atom. The van der Waals surface area contributed by atoms with Gasteiger partial charge in [0.1, 0.15) is 0 Å². The van der Waals surface area contributed by atoms with E-state index in [0.717, 1.165) is 11.8 Å². The number of rotatable bonds is 5. The van der Waals surface area contributed by atoms with Crippen molar-refractivity contribution in [1.82, 2.24) is 0 Å². The molecule has 1 aromatic rings. The standard InChI is InChI=1S/C11H10O5S/c12-8(4-17-5-11(13)14)7-1-2-9-10(3-7)16-6-15-9/h1-3H,4-6H2,(H,13,14). The Kier molecular flexibility index (Phi) is 3.53. The summed E-state index contributed by atoms with van der Waals surface area (Å²) in [6.45, 7) is 0.167. The third-order valence-corrected chi connectivity index (χ3v) is 3.07. The van der Waals surface area contributed by atoms with E-state index in [4.69, 9.17) is 14.6 Å². The average Bonchev–Trinajstić information content (AvgIpc) is 2.75. The Morgan fingerprint density at radius 1 is 1.24 bits per heavy atom. The molecule has 1 N–H and O–H groups in total. The van der Waals surface area contributed by atoms with Crippen LogP contribution in [0.2, 0.25) is 0 Å². The van der Waals surface area contributed by atoms with Crippen LogP contribution in [0, 0.1) is 0 Å². The Hall–Kier alpha value is -1.69. The number of hydrogen-bond acceptors (Lipinski definition) is 5. The molecule has 1 aromatic carbocycles. The van der Waals surface area contributed by atoms with E-state index in [9.17, 15) is 9.59 Å². The van der Waals surface area contributed by atoms with Crippen molar-refractivity contribution in [3.05, 3.63) is 23.8 Å². The highest BCUT2D eigenvalue weighted by atomic mass is 32.2. The van der Waals surface area contributed by atoms with Gasteiger partial charge in [0, 0.05) is 5.56 Å². The topological polar surface area (TPSA) is 72.8 Å². The monoisotopic (exact) mass is 254 g/mol. The summed E-state index contributed by atoms with van der Waals surface area (Å²) < 4.78 is 10.3. The van der Waals surface area contributed by atoms with Crippen LogP contribution in [0.3, 0.4) is 0 Å². The van der Waals surface area contributed by atoms with Gasteiger partial charge >= 0.3 is 5.97 Å². The summed E-state index contributed by atoms with van der Waals surface area (Å²) in [5.41, 5.74) is 0.507. The van der Waals surface area contributed by atoms with E-state index in [1.807, 2.05) is 0 Å². The summed E-state index contributed by atoms with van der Waals surface area (Å²) in [5, 5.41) is 8.46. The van der Waals surface area contributed by atoms with Crippen molar-refractivity contribution >= 4 is 23.5 Å². The first-order valence-corrected chi connectivity index (χ1v) is 6.04. The third kappa shape index (κ3) is 2.91. The highest BCUT2D eigenvalue weighted by Gasteiger charge is 2.16. The molecule has 17 heavy (non-hydrogen) atoms. The molecule has 0 saturated carbocycles. The molecule has 6 heteroatoms. The zero-order valence-corrected chi connectivity index (χ0v) is 9.66. The number of thioether (sulfide) groups is 1. The predicted octanol–water partition coefficient (Wildman–Crippen LogP) is 1.42. The summed E-state index contributed by atoms with van der Waals surface area (Å²) in [7, 11) is 0. The van der Waals surface area contributed by atoms with Gasteiger partial charge in [0.2, 0.25) is 6.79 Å². The lowest BCUT2D eigenvalue weighted by molar-refractivity contribution is -0.133. The first-order valence-electron chi connectivity index (χ1n) is 4.89. The molecule has 0 unspecified atom stereocenters. The van der Waals surface area contributed by atoms with Gasteiger partial charge in [-0.15, -0.1) is 11.8 Å². The maximum absolute atomic E-state index is 11.7. The van der Waals surface area contributed by atoms with Crippen LogP contribution in [0.1, 0.15) is 10.4 Å². The Morgan fingerprint density at radius 2 is 2.00 bits per heavy atom. The lowest BCUT2D eigenvalue weighted by atomic mass is 10.1. The SMILES string of the molecule is O=C(O)CSCC(=O)c1ccc2c(c1)OCO2. The maximum Gasteiger partial charge on any atom is 0.313 e. The van der Waals surface area contributed by atoms with E-state index in [-0.39, 0.29) is 24.1 Å². The second-order valence-electron chi connectivity index (χ2n) is 3.38. The van der Waals surface area contributed by atoms with E-state index >= 15 is 0 Å². The fourth-order valence-electron chi connectivity index (χ4n) is 1.38. The van der Waals surface area contributed by atoms with Crippen LogP contribution in [-0.4, -0.2) is 35.2 Å². The van der Waals surface area contributed by atoms with E-state index in [2.05, 4.69) is 0 Å². The third-order valence-electron chi connectivity index (χ3n) is 2.15. The second-order valence-corrected chi connectivity index (χ2v) is 4.36. The molecule has 1 aliphatic rings.